The lowest BCUT2D eigenvalue weighted by Gasteiger charge is -2.14. The fourth-order valence-electron chi connectivity index (χ4n) is 2.75. The van der Waals surface area contributed by atoms with Crippen molar-refractivity contribution in [2.45, 2.75) is 19.1 Å². The summed E-state index contributed by atoms with van der Waals surface area (Å²) in [5.74, 6) is -2.07. The van der Waals surface area contributed by atoms with Crippen molar-refractivity contribution in [3.8, 4) is 11.5 Å². The highest BCUT2D eigenvalue weighted by Gasteiger charge is 2.32. The number of carbonyl (C=O) groups excluding carboxylic acids is 1. The van der Waals surface area contributed by atoms with Gasteiger partial charge in [0, 0.05) is 12.3 Å². The Kier molecular flexibility index (Phi) is 5.25. The molecule has 0 bridgehead atoms. The minimum absolute atomic E-state index is 0.144. The molecule has 0 amide bonds. The smallest absolute Gasteiger partial charge is 0.416 e. The van der Waals surface area contributed by atoms with Crippen LogP contribution in [-0.2, 0) is 15.7 Å². The van der Waals surface area contributed by atoms with Crippen LogP contribution < -0.4 is 4.74 Å². The zero-order valence-corrected chi connectivity index (χ0v) is 15.4. The van der Waals surface area contributed by atoms with Crippen LogP contribution in [0.3, 0.4) is 0 Å². The Bertz CT molecular complexity index is 1020. The molecular formula is C19H14ClF4NO3. The molecule has 3 rings (SSSR count). The first-order valence-corrected chi connectivity index (χ1v) is 8.42. The maximum atomic E-state index is 14.2. The molecule has 0 aliphatic carbocycles. The summed E-state index contributed by atoms with van der Waals surface area (Å²) < 4.78 is 64.2. The number of hydrogen-bond acceptors (Lipinski definition) is 3. The van der Waals surface area contributed by atoms with Crippen LogP contribution in [0.1, 0.15) is 18.5 Å². The van der Waals surface area contributed by atoms with Crippen LogP contribution in [0.2, 0.25) is 5.02 Å². The highest BCUT2D eigenvalue weighted by molar-refractivity contribution is 6.32. The summed E-state index contributed by atoms with van der Waals surface area (Å²) in [5.41, 5.74) is -0.613. The summed E-state index contributed by atoms with van der Waals surface area (Å²) in [6.07, 6.45) is -3.05. The molecule has 0 spiro atoms. The van der Waals surface area contributed by atoms with Gasteiger partial charge in [-0.2, -0.15) is 13.2 Å². The maximum absolute atomic E-state index is 14.2. The molecule has 0 saturated carbocycles. The number of hydrogen-bond donors (Lipinski definition) is 0. The van der Waals surface area contributed by atoms with Crippen LogP contribution in [-0.4, -0.2) is 17.6 Å². The summed E-state index contributed by atoms with van der Waals surface area (Å²) in [6.45, 7) is 1.64. The van der Waals surface area contributed by atoms with Gasteiger partial charge in [0.25, 0.3) is 0 Å². The largest absolute Gasteiger partial charge is 0.467 e. The van der Waals surface area contributed by atoms with E-state index in [1.54, 1.807) is 29.8 Å². The predicted molar refractivity (Wildman–Crippen MR) is 95.2 cm³/mol. The Morgan fingerprint density at radius 2 is 1.89 bits per heavy atom. The SMILES string of the molecule is COC(=O)C(C)n1ccc2ccc(Oc3c(F)cc(C(F)(F)F)cc3Cl)cc21. The van der Waals surface area contributed by atoms with Gasteiger partial charge >= 0.3 is 12.1 Å². The van der Waals surface area contributed by atoms with Crippen molar-refractivity contribution in [1.29, 1.82) is 0 Å². The van der Waals surface area contributed by atoms with Gasteiger partial charge in [0.05, 0.1) is 23.2 Å². The molecule has 148 valence electrons. The third-order valence-electron chi connectivity index (χ3n) is 4.20. The number of carbonyl (C=O) groups is 1. The molecule has 0 N–H and O–H groups in total. The molecule has 0 fully saturated rings. The van der Waals surface area contributed by atoms with E-state index >= 15 is 0 Å². The molecule has 9 heteroatoms. The molecule has 1 atom stereocenters. The first-order valence-electron chi connectivity index (χ1n) is 8.04. The van der Waals surface area contributed by atoms with Crippen molar-refractivity contribution in [2.24, 2.45) is 0 Å². The fourth-order valence-corrected chi connectivity index (χ4v) is 3.00. The summed E-state index contributed by atoms with van der Waals surface area (Å²) in [6, 6.07) is 6.78. The van der Waals surface area contributed by atoms with Gasteiger partial charge in [-0.15, -0.1) is 0 Å². The van der Waals surface area contributed by atoms with Crippen molar-refractivity contribution < 1.29 is 31.8 Å². The Morgan fingerprint density at radius 1 is 1.18 bits per heavy atom. The van der Waals surface area contributed by atoms with Gasteiger partial charge in [0.2, 0.25) is 0 Å². The van der Waals surface area contributed by atoms with E-state index in [9.17, 15) is 22.4 Å². The molecule has 3 aromatic rings. The van der Waals surface area contributed by atoms with Crippen molar-refractivity contribution in [2.75, 3.05) is 7.11 Å². The fraction of sp³-hybridized carbons (Fsp3) is 0.211. The average Bonchev–Trinajstić information content (AvgIpc) is 3.05. The second-order valence-electron chi connectivity index (χ2n) is 6.01. The second-order valence-corrected chi connectivity index (χ2v) is 6.42. The number of alkyl halides is 3. The molecule has 28 heavy (non-hydrogen) atoms. The van der Waals surface area contributed by atoms with Crippen LogP contribution in [0.4, 0.5) is 17.6 Å². The minimum atomic E-state index is -4.73. The van der Waals surface area contributed by atoms with Gasteiger partial charge in [-0.1, -0.05) is 11.6 Å². The molecule has 0 aliphatic rings. The Labute approximate surface area is 162 Å². The summed E-state index contributed by atoms with van der Waals surface area (Å²) in [7, 11) is 1.27. The van der Waals surface area contributed by atoms with E-state index in [0.29, 0.717) is 17.6 Å². The van der Waals surface area contributed by atoms with Gasteiger partial charge in [0.1, 0.15) is 11.8 Å². The number of halogens is 5. The monoisotopic (exact) mass is 415 g/mol. The zero-order valence-electron chi connectivity index (χ0n) is 14.7. The number of ether oxygens (including phenoxy) is 2. The first-order chi connectivity index (χ1) is 13.1. The molecule has 1 aromatic heterocycles. The van der Waals surface area contributed by atoms with Crippen LogP contribution in [0, 0.1) is 5.82 Å². The third kappa shape index (κ3) is 3.77. The molecule has 0 aliphatic heterocycles. The molecule has 4 nitrogen and oxygen atoms in total. The highest BCUT2D eigenvalue weighted by Crippen LogP contribution is 2.39. The standard InChI is InChI=1S/C19H14ClF4NO3/c1-10(18(26)27-2)25-6-5-11-3-4-13(9-16(11)25)28-17-14(20)7-12(8-15(17)21)19(22,23)24/h3-10H,1-2H3. The molecule has 2 aromatic carbocycles. The van der Waals surface area contributed by atoms with Gasteiger partial charge in [-0.05, 0) is 42.6 Å². The normalized spacial score (nSPS) is 12.8. The number of benzene rings is 2. The minimum Gasteiger partial charge on any atom is -0.467 e. The average molecular weight is 416 g/mol. The van der Waals surface area contributed by atoms with E-state index in [-0.39, 0.29) is 5.75 Å². The number of methoxy groups -OCH3 is 1. The highest BCUT2D eigenvalue weighted by atomic mass is 35.5. The van der Waals surface area contributed by atoms with Crippen molar-refractivity contribution >= 4 is 28.5 Å². The Morgan fingerprint density at radius 3 is 2.50 bits per heavy atom. The first kappa shape index (κ1) is 20.0. The summed E-state index contributed by atoms with van der Waals surface area (Å²) in [5, 5.41) is 0.271. The van der Waals surface area contributed by atoms with Crippen LogP contribution in [0.5, 0.6) is 11.5 Å². The zero-order chi connectivity index (χ0) is 20.6. The van der Waals surface area contributed by atoms with Gasteiger partial charge in [0.15, 0.2) is 11.6 Å². The topological polar surface area (TPSA) is 40.5 Å². The quantitative estimate of drug-likeness (QED) is 0.389. The number of fused-ring (bicyclic) bond motifs is 1. The number of aromatic nitrogens is 1. The van der Waals surface area contributed by atoms with Crippen molar-refractivity contribution in [1.82, 2.24) is 4.57 Å². The van der Waals surface area contributed by atoms with Gasteiger partial charge in [-0.3, -0.25) is 0 Å². The molecule has 1 heterocycles. The number of rotatable bonds is 4. The third-order valence-corrected chi connectivity index (χ3v) is 4.48. The second kappa shape index (κ2) is 7.35. The lowest BCUT2D eigenvalue weighted by molar-refractivity contribution is -0.144. The van der Waals surface area contributed by atoms with Crippen molar-refractivity contribution in [3.05, 3.63) is 59.0 Å². The Balaban J connectivity index is 1.98. The molecule has 0 radical (unpaired) electrons. The lowest BCUT2D eigenvalue weighted by Crippen LogP contribution is -2.16. The van der Waals surface area contributed by atoms with Crippen LogP contribution in [0.25, 0.3) is 10.9 Å². The van der Waals surface area contributed by atoms with E-state index in [2.05, 4.69) is 0 Å². The number of nitrogens with zero attached hydrogens (tertiary/aromatic N) is 1. The van der Waals surface area contributed by atoms with Crippen LogP contribution >= 0.6 is 11.6 Å². The molecule has 0 saturated heterocycles. The van der Waals surface area contributed by atoms with Gasteiger partial charge < -0.3 is 14.0 Å². The number of esters is 1. The summed E-state index contributed by atoms with van der Waals surface area (Å²) in [4.78, 5) is 11.8. The van der Waals surface area contributed by atoms with E-state index in [1.165, 1.54) is 19.2 Å². The van der Waals surface area contributed by atoms with Crippen LogP contribution in [0.15, 0.2) is 42.6 Å². The molecular weight excluding hydrogens is 402 g/mol. The maximum Gasteiger partial charge on any atom is 0.416 e. The van der Waals surface area contributed by atoms with Crippen molar-refractivity contribution in [3.63, 3.8) is 0 Å². The van der Waals surface area contributed by atoms with Gasteiger partial charge in [-0.25, -0.2) is 9.18 Å². The van der Waals surface area contributed by atoms with E-state index < -0.39 is 40.3 Å². The predicted octanol–water partition coefficient (Wildman–Crippen LogP) is 5.98. The van der Waals surface area contributed by atoms with E-state index in [1.807, 2.05) is 0 Å². The molecule has 1 unspecified atom stereocenters. The summed E-state index contributed by atoms with van der Waals surface area (Å²) >= 11 is 5.80. The lowest BCUT2D eigenvalue weighted by atomic mass is 10.2. The van der Waals surface area contributed by atoms with E-state index in [0.717, 1.165) is 5.39 Å². The Hall–Kier alpha value is -2.74. The van der Waals surface area contributed by atoms with E-state index in [4.69, 9.17) is 21.1 Å².